The molecule has 18 heavy (non-hydrogen) atoms. The van der Waals surface area contributed by atoms with Crippen molar-refractivity contribution in [2.24, 2.45) is 5.73 Å². The van der Waals surface area contributed by atoms with Crippen LogP contribution in [0.5, 0.6) is 0 Å². The maximum atomic E-state index is 5.59. The maximum Gasteiger partial charge on any atom is 0.0483 e. The third kappa shape index (κ3) is 2.04. The van der Waals surface area contributed by atoms with Gasteiger partial charge in [0.05, 0.1) is 0 Å². The van der Waals surface area contributed by atoms with Gasteiger partial charge in [-0.15, -0.1) is 0 Å². The van der Waals surface area contributed by atoms with Gasteiger partial charge in [-0.25, -0.2) is 0 Å². The molecule has 0 radical (unpaired) electrons. The van der Waals surface area contributed by atoms with Crippen molar-refractivity contribution < 1.29 is 0 Å². The summed E-state index contributed by atoms with van der Waals surface area (Å²) in [6.45, 7) is 7.38. The molecule has 1 aromatic heterocycles. The average Bonchev–Trinajstić information content (AvgIpc) is 2.72. The van der Waals surface area contributed by atoms with Crippen LogP contribution in [-0.4, -0.2) is 29.1 Å². The van der Waals surface area contributed by atoms with Gasteiger partial charge in [-0.3, -0.25) is 4.90 Å². The van der Waals surface area contributed by atoms with E-state index in [2.05, 4.69) is 40.7 Å². The minimum Gasteiger partial charge on any atom is -0.342 e. The summed E-state index contributed by atoms with van der Waals surface area (Å²) in [7, 11) is 0. The lowest BCUT2D eigenvalue weighted by molar-refractivity contribution is 0.222. The van der Waals surface area contributed by atoms with E-state index in [4.69, 9.17) is 5.73 Å². The predicted octanol–water partition coefficient (Wildman–Crippen LogP) is 2.11. The largest absolute Gasteiger partial charge is 0.342 e. The van der Waals surface area contributed by atoms with E-state index in [0.29, 0.717) is 0 Å². The molecule has 0 saturated heterocycles. The van der Waals surface area contributed by atoms with Crippen molar-refractivity contribution in [2.45, 2.75) is 26.4 Å². The third-order valence-electron chi connectivity index (χ3n) is 3.85. The van der Waals surface area contributed by atoms with Crippen LogP contribution in [0.3, 0.4) is 0 Å². The summed E-state index contributed by atoms with van der Waals surface area (Å²) < 4.78 is 2.47. The molecular weight excluding hydrogens is 222 g/mol. The molecule has 0 unspecified atom stereocenters. The first-order valence-corrected chi connectivity index (χ1v) is 6.79. The van der Waals surface area contributed by atoms with E-state index in [9.17, 15) is 0 Å². The predicted molar refractivity (Wildman–Crippen MR) is 75.6 cm³/mol. The van der Waals surface area contributed by atoms with Gasteiger partial charge in [0, 0.05) is 36.2 Å². The Balaban J connectivity index is 1.90. The average molecular weight is 243 g/mol. The van der Waals surface area contributed by atoms with Crippen molar-refractivity contribution in [3.8, 4) is 0 Å². The van der Waals surface area contributed by atoms with Crippen molar-refractivity contribution in [2.75, 3.05) is 19.6 Å². The van der Waals surface area contributed by atoms with E-state index in [1.54, 1.807) is 0 Å². The summed E-state index contributed by atoms with van der Waals surface area (Å²) in [6.07, 6.45) is 1.10. The molecule has 0 aliphatic carbocycles. The third-order valence-corrected chi connectivity index (χ3v) is 3.85. The highest BCUT2D eigenvalue weighted by Gasteiger charge is 2.17. The first kappa shape index (κ1) is 11.8. The first-order valence-electron chi connectivity index (χ1n) is 6.79. The van der Waals surface area contributed by atoms with Crippen LogP contribution < -0.4 is 5.73 Å². The van der Waals surface area contributed by atoms with Crippen LogP contribution in [0, 0.1) is 6.92 Å². The number of hydrogen-bond acceptors (Lipinski definition) is 2. The lowest BCUT2D eigenvalue weighted by Crippen LogP contribution is -2.34. The zero-order valence-corrected chi connectivity index (χ0v) is 11.0. The van der Waals surface area contributed by atoms with Gasteiger partial charge in [0.1, 0.15) is 0 Å². The normalized spacial score (nSPS) is 16.1. The van der Waals surface area contributed by atoms with Gasteiger partial charge in [-0.2, -0.15) is 0 Å². The fourth-order valence-corrected chi connectivity index (χ4v) is 2.90. The lowest BCUT2D eigenvalue weighted by atomic mass is 10.2. The molecule has 0 atom stereocenters. The Labute approximate surface area is 108 Å². The van der Waals surface area contributed by atoms with Gasteiger partial charge < -0.3 is 10.3 Å². The Morgan fingerprint density at radius 1 is 1.22 bits per heavy atom. The molecule has 96 valence electrons. The zero-order chi connectivity index (χ0) is 12.5. The minimum atomic E-state index is 0.790. The molecule has 1 aliphatic heterocycles. The topological polar surface area (TPSA) is 34.2 Å². The highest BCUT2D eigenvalue weighted by Crippen LogP contribution is 2.24. The second-order valence-corrected chi connectivity index (χ2v) is 5.27. The van der Waals surface area contributed by atoms with Crippen molar-refractivity contribution >= 4 is 10.9 Å². The quantitative estimate of drug-likeness (QED) is 0.896. The zero-order valence-electron chi connectivity index (χ0n) is 11.0. The van der Waals surface area contributed by atoms with Crippen LogP contribution in [0.25, 0.3) is 10.9 Å². The van der Waals surface area contributed by atoms with E-state index in [-0.39, 0.29) is 0 Å². The Morgan fingerprint density at radius 3 is 2.94 bits per heavy atom. The monoisotopic (exact) mass is 243 g/mol. The molecule has 1 aromatic carbocycles. The van der Waals surface area contributed by atoms with Crippen molar-refractivity contribution in [3.63, 3.8) is 0 Å². The summed E-state index contributed by atoms with van der Waals surface area (Å²) in [6, 6.07) is 9.09. The summed E-state index contributed by atoms with van der Waals surface area (Å²) in [4.78, 5) is 2.51. The van der Waals surface area contributed by atoms with Crippen LogP contribution in [0.1, 0.15) is 17.7 Å². The Bertz CT molecular complexity index is 556. The lowest BCUT2D eigenvalue weighted by Gasteiger charge is -2.28. The molecule has 2 aromatic rings. The smallest absolute Gasteiger partial charge is 0.0483 e. The molecule has 1 aliphatic rings. The highest BCUT2D eigenvalue weighted by atomic mass is 15.2. The fraction of sp³-hybridized carbons (Fsp3) is 0.467. The van der Waals surface area contributed by atoms with Crippen LogP contribution in [-0.2, 0) is 13.1 Å². The molecule has 2 heterocycles. The van der Waals surface area contributed by atoms with Crippen LogP contribution in [0.4, 0.5) is 0 Å². The first-order chi connectivity index (χ1) is 8.78. The molecule has 0 bridgehead atoms. The van der Waals surface area contributed by atoms with E-state index in [0.717, 1.165) is 39.1 Å². The van der Waals surface area contributed by atoms with Gasteiger partial charge >= 0.3 is 0 Å². The Hall–Kier alpha value is -1.32. The number of nitrogens with two attached hydrogens (primary N) is 1. The number of fused-ring (bicyclic) bond motifs is 3. The molecule has 3 rings (SSSR count). The number of aryl methyl sites for hydroxylation is 1. The van der Waals surface area contributed by atoms with Crippen LogP contribution in [0.15, 0.2) is 24.3 Å². The number of hydrogen-bond donors (Lipinski definition) is 1. The number of nitrogens with zero attached hydrogens (tertiary/aromatic N) is 2. The Kier molecular flexibility index (Phi) is 3.10. The van der Waals surface area contributed by atoms with Gasteiger partial charge in [-0.05, 0) is 44.6 Å². The van der Waals surface area contributed by atoms with E-state index < -0.39 is 0 Å². The van der Waals surface area contributed by atoms with E-state index >= 15 is 0 Å². The van der Waals surface area contributed by atoms with Gasteiger partial charge in [0.25, 0.3) is 0 Å². The number of rotatable bonds is 3. The van der Waals surface area contributed by atoms with Crippen LogP contribution >= 0.6 is 0 Å². The van der Waals surface area contributed by atoms with Crippen molar-refractivity contribution in [1.82, 2.24) is 9.47 Å². The number of aromatic nitrogens is 1. The van der Waals surface area contributed by atoms with Crippen LogP contribution in [0.2, 0.25) is 0 Å². The maximum absolute atomic E-state index is 5.59. The fourth-order valence-electron chi connectivity index (χ4n) is 2.90. The van der Waals surface area contributed by atoms with E-state index in [1.807, 2.05) is 0 Å². The molecule has 0 amide bonds. The van der Waals surface area contributed by atoms with Crippen molar-refractivity contribution in [3.05, 3.63) is 35.5 Å². The second kappa shape index (κ2) is 4.75. The molecule has 0 saturated carbocycles. The van der Waals surface area contributed by atoms with Gasteiger partial charge in [0.2, 0.25) is 0 Å². The summed E-state index contributed by atoms with van der Waals surface area (Å²) in [5.41, 5.74) is 9.75. The second-order valence-electron chi connectivity index (χ2n) is 5.27. The SMILES string of the molecule is Cc1ccc2c(c1)cc1n2CCN(CCCN)C1. The Morgan fingerprint density at radius 2 is 2.11 bits per heavy atom. The minimum absolute atomic E-state index is 0.790. The summed E-state index contributed by atoms with van der Waals surface area (Å²) in [5.74, 6) is 0. The number of benzene rings is 1. The van der Waals surface area contributed by atoms with E-state index in [1.165, 1.54) is 22.2 Å². The molecular formula is C15H21N3. The van der Waals surface area contributed by atoms with Gasteiger partial charge in [0.15, 0.2) is 0 Å². The van der Waals surface area contributed by atoms with Gasteiger partial charge in [-0.1, -0.05) is 11.6 Å². The highest BCUT2D eigenvalue weighted by molar-refractivity contribution is 5.82. The summed E-state index contributed by atoms with van der Waals surface area (Å²) >= 11 is 0. The summed E-state index contributed by atoms with van der Waals surface area (Å²) in [5, 5.41) is 1.38. The molecule has 0 spiro atoms. The standard InChI is InChI=1S/C15H21N3/c1-12-3-4-15-13(9-12)10-14-11-17(6-2-5-16)7-8-18(14)15/h3-4,9-10H,2,5-8,11,16H2,1H3. The molecule has 3 heteroatoms. The molecule has 3 nitrogen and oxygen atoms in total. The van der Waals surface area contributed by atoms with Crippen molar-refractivity contribution in [1.29, 1.82) is 0 Å². The molecule has 2 N–H and O–H groups in total. The molecule has 0 fully saturated rings.